The first-order valence-corrected chi connectivity index (χ1v) is 11.0. The first kappa shape index (κ1) is 21.8. The van der Waals surface area contributed by atoms with Crippen molar-refractivity contribution in [3.05, 3.63) is 29.8 Å². The molecule has 0 aromatic heterocycles. The highest BCUT2D eigenvalue weighted by Crippen LogP contribution is 2.35. The van der Waals surface area contributed by atoms with Crippen LogP contribution in [0, 0.1) is 24.7 Å². The topological polar surface area (TPSA) is 55.4 Å². The molecule has 1 aromatic carbocycles. The van der Waals surface area contributed by atoms with E-state index in [4.69, 9.17) is 4.74 Å². The summed E-state index contributed by atoms with van der Waals surface area (Å²) in [5.41, 5.74) is 1.88. The Kier molecular flexibility index (Phi) is 8.21. The van der Waals surface area contributed by atoms with Crippen molar-refractivity contribution in [3.8, 4) is 0 Å². The van der Waals surface area contributed by atoms with Gasteiger partial charge < -0.3 is 10.1 Å². The van der Waals surface area contributed by atoms with Gasteiger partial charge in [0.2, 0.25) is 5.91 Å². The molecule has 0 saturated heterocycles. The van der Waals surface area contributed by atoms with Crippen molar-refractivity contribution in [1.82, 2.24) is 0 Å². The molecule has 5 heteroatoms. The minimum absolute atomic E-state index is 0.00502. The molecule has 4 atom stereocenters. The SMILES string of the molecule is Cc1cccc(NC(=O)CSC(C)C(=O)OC2CC(C)CCC2C(C)C)c1. The van der Waals surface area contributed by atoms with E-state index in [0.29, 0.717) is 17.8 Å². The molecule has 1 fully saturated rings. The molecule has 1 aliphatic carbocycles. The number of nitrogens with one attached hydrogen (secondary N) is 1. The van der Waals surface area contributed by atoms with E-state index >= 15 is 0 Å². The Morgan fingerprint density at radius 3 is 2.67 bits per heavy atom. The third-order valence-electron chi connectivity index (χ3n) is 5.33. The first-order valence-electron chi connectivity index (χ1n) is 9.95. The molecule has 1 saturated carbocycles. The van der Waals surface area contributed by atoms with Crippen molar-refractivity contribution in [2.24, 2.45) is 17.8 Å². The maximum atomic E-state index is 12.5. The van der Waals surface area contributed by atoms with Gasteiger partial charge in [-0.2, -0.15) is 0 Å². The second-order valence-corrected chi connectivity index (χ2v) is 9.50. The molecular formula is C22H33NO3S. The average Bonchev–Trinajstić information content (AvgIpc) is 2.59. The molecule has 0 heterocycles. The van der Waals surface area contributed by atoms with Crippen molar-refractivity contribution in [3.63, 3.8) is 0 Å². The Bertz CT molecular complexity index is 646. The standard InChI is InChI=1S/C22H33NO3S/c1-14(2)19-10-9-16(4)12-20(19)26-22(25)17(5)27-13-21(24)23-18-8-6-7-15(3)11-18/h6-8,11,14,16-17,19-20H,9-10,12-13H2,1-5H3,(H,23,24). The smallest absolute Gasteiger partial charge is 0.319 e. The predicted molar refractivity (Wildman–Crippen MR) is 113 cm³/mol. The van der Waals surface area contributed by atoms with Gasteiger partial charge in [0.25, 0.3) is 0 Å². The maximum absolute atomic E-state index is 12.5. The van der Waals surface area contributed by atoms with Crippen molar-refractivity contribution in [1.29, 1.82) is 0 Å². The Balaban J connectivity index is 1.81. The third kappa shape index (κ3) is 6.87. The molecule has 0 radical (unpaired) electrons. The van der Waals surface area contributed by atoms with E-state index in [1.165, 1.54) is 18.2 Å². The number of carbonyl (C=O) groups is 2. The van der Waals surface area contributed by atoms with E-state index in [1.807, 2.05) is 38.1 Å². The van der Waals surface area contributed by atoms with Crippen molar-refractivity contribution in [2.75, 3.05) is 11.1 Å². The van der Waals surface area contributed by atoms with E-state index in [0.717, 1.165) is 24.1 Å². The lowest BCUT2D eigenvalue weighted by atomic mass is 9.75. The summed E-state index contributed by atoms with van der Waals surface area (Å²) < 4.78 is 5.87. The van der Waals surface area contributed by atoms with Crippen LogP contribution in [0.15, 0.2) is 24.3 Å². The number of thioether (sulfide) groups is 1. The van der Waals surface area contributed by atoms with Gasteiger partial charge in [0.15, 0.2) is 0 Å². The van der Waals surface area contributed by atoms with Crippen LogP contribution in [0.4, 0.5) is 5.69 Å². The normalized spacial score (nSPS) is 23.7. The van der Waals surface area contributed by atoms with Crippen LogP contribution in [0.1, 0.15) is 52.5 Å². The number of hydrogen-bond donors (Lipinski definition) is 1. The number of amides is 1. The molecule has 27 heavy (non-hydrogen) atoms. The first-order chi connectivity index (χ1) is 12.8. The van der Waals surface area contributed by atoms with Gasteiger partial charge in [0, 0.05) is 5.69 Å². The van der Waals surface area contributed by atoms with Crippen LogP contribution < -0.4 is 5.32 Å². The fourth-order valence-electron chi connectivity index (χ4n) is 3.68. The average molecular weight is 392 g/mol. The summed E-state index contributed by atoms with van der Waals surface area (Å²) in [6.07, 6.45) is 3.28. The van der Waals surface area contributed by atoms with Crippen LogP contribution in [-0.4, -0.2) is 29.0 Å². The molecule has 4 nitrogen and oxygen atoms in total. The zero-order valence-electron chi connectivity index (χ0n) is 17.2. The van der Waals surface area contributed by atoms with E-state index in [-0.39, 0.29) is 29.0 Å². The zero-order chi connectivity index (χ0) is 20.0. The van der Waals surface area contributed by atoms with E-state index in [1.54, 1.807) is 0 Å². The fraction of sp³-hybridized carbons (Fsp3) is 0.636. The highest BCUT2D eigenvalue weighted by molar-refractivity contribution is 8.01. The number of rotatable bonds is 7. The fourth-order valence-corrected chi connectivity index (χ4v) is 4.35. The predicted octanol–water partition coefficient (Wildman–Crippen LogP) is 5.06. The van der Waals surface area contributed by atoms with Gasteiger partial charge in [0.1, 0.15) is 11.4 Å². The molecule has 1 N–H and O–H groups in total. The quantitative estimate of drug-likeness (QED) is 0.660. The largest absolute Gasteiger partial charge is 0.461 e. The number of benzene rings is 1. The molecule has 0 bridgehead atoms. The third-order valence-corrected chi connectivity index (χ3v) is 6.45. The number of carbonyl (C=O) groups excluding carboxylic acids is 2. The highest BCUT2D eigenvalue weighted by Gasteiger charge is 2.34. The number of anilines is 1. The van der Waals surface area contributed by atoms with Gasteiger partial charge in [-0.1, -0.05) is 39.3 Å². The van der Waals surface area contributed by atoms with Crippen LogP contribution in [0.2, 0.25) is 0 Å². The molecule has 0 aliphatic heterocycles. The second kappa shape index (κ2) is 10.2. The minimum Gasteiger partial charge on any atom is -0.461 e. The van der Waals surface area contributed by atoms with Crippen LogP contribution in [0.3, 0.4) is 0 Å². The molecule has 1 aliphatic rings. The van der Waals surface area contributed by atoms with Gasteiger partial charge in [-0.05, 0) is 62.1 Å². The minimum atomic E-state index is -0.349. The summed E-state index contributed by atoms with van der Waals surface area (Å²) in [6, 6.07) is 7.69. The lowest BCUT2D eigenvalue weighted by molar-refractivity contribution is -0.154. The summed E-state index contributed by atoms with van der Waals surface area (Å²) in [4.78, 5) is 24.7. The second-order valence-electron chi connectivity index (χ2n) is 8.17. The van der Waals surface area contributed by atoms with Gasteiger partial charge >= 0.3 is 5.97 Å². The van der Waals surface area contributed by atoms with Crippen molar-refractivity contribution in [2.45, 2.75) is 65.2 Å². The van der Waals surface area contributed by atoms with E-state index in [2.05, 4.69) is 26.1 Å². The summed E-state index contributed by atoms with van der Waals surface area (Å²) in [7, 11) is 0. The summed E-state index contributed by atoms with van der Waals surface area (Å²) in [5, 5.41) is 2.53. The number of esters is 1. The van der Waals surface area contributed by atoms with Crippen LogP contribution in [-0.2, 0) is 14.3 Å². The molecule has 150 valence electrons. The van der Waals surface area contributed by atoms with E-state index in [9.17, 15) is 9.59 Å². The van der Waals surface area contributed by atoms with Crippen LogP contribution in [0.25, 0.3) is 0 Å². The lowest BCUT2D eigenvalue weighted by Gasteiger charge is -2.37. The lowest BCUT2D eigenvalue weighted by Crippen LogP contribution is -2.37. The zero-order valence-corrected chi connectivity index (χ0v) is 18.0. The Morgan fingerprint density at radius 2 is 2.00 bits per heavy atom. The molecular weight excluding hydrogens is 358 g/mol. The van der Waals surface area contributed by atoms with Gasteiger partial charge in [-0.15, -0.1) is 11.8 Å². The van der Waals surface area contributed by atoms with Crippen molar-refractivity contribution < 1.29 is 14.3 Å². The summed E-state index contributed by atoms with van der Waals surface area (Å²) in [5.74, 6) is 1.48. The summed E-state index contributed by atoms with van der Waals surface area (Å²) >= 11 is 1.33. The molecule has 0 spiro atoms. The monoisotopic (exact) mass is 391 g/mol. The molecule has 1 aromatic rings. The highest BCUT2D eigenvalue weighted by atomic mass is 32.2. The molecule has 2 rings (SSSR count). The number of ether oxygens (including phenoxy) is 1. The Morgan fingerprint density at radius 1 is 1.26 bits per heavy atom. The molecule has 4 unspecified atom stereocenters. The number of aryl methyl sites for hydroxylation is 1. The van der Waals surface area contributed by atoms with Crippen LogP contribution in [0.5, 0.6) is 0 Å². The Hall–Kier alpha value is -1.49. The van der Waals surface area contributed by atoms with Crippen LogP contribution >= 0.6 is 11.8 Å². The van der Waals surface area contributed by atoms with Gasteiger partial charge in [0.05, 0.1) is 5.75 Å². The molecule has 1 amide bonds. The number of hydrogen-bond acceptors (Lipinski definition) is 4. The van der Waals surface area contributed by atoms with Gasteiger partial charge in [-0.3, -0.25) is 9.59 Å². The van der Waals surface area contributed by atoms with Gasteiger partial charge in [-0.25, -0.2) is 0 Å². The van der Waals surface area contributed by atoms with E-state index < -0.39 is 0 Å². The summed E-state index contributed by atoms with van der Waals surface area (Å²) in [6.45, 7) is 10.4. The van der Waals surface area contributed by atoms with Crippen molar-refractivity contribution >= 4 is 29.3 Å². The Labute approximate surface area is 167 Å². The maximum Gasteiger partial charge on any atom is 0.319 e.